The number of halogens is 2. The molecule has 0 aliphatic rings. The second-order valence-corrected chi connectivity index (χ2v) is 4.90. The molecule has 0 fully saturated rings. The molecule has 0 aliphatic carbocycles. The summed E-state index contributed by atoms with van der Waals surface area (Å²) in [6.45, 7) is 1.02. The highest BCUT2D eigenvalue weighted by Crippen LogP contribution is 2.12. The Balaban J connectivity index is 2.82. The molecule has 0 aromatic heterocycles. The van der Waals surface area contributed by atoms with Crippen molar-refractivity contribution in [2.24, 2.45) is 0 Å². The number of carbonyl (C=O) groups excluding carboxylic acids is 1. The van der Waals surface area contributed by atoms with Crippen LogP contribution in [-0.2, 0) is 4.79 Å². The fourth-order valence-electron chi connectivity index (χ4n) is 1.75. The summed E-state index contributed by atoms with van der Waals surface area (Å²) in [5.41, 5.74) is -0.0579. The Bertz CT molecular complexity index is 521. The smallest absolute Gasteiger partial charge is 0.305 e. The van der Waals surface area contributed by atoms with Gasteiger partial charge >= 0.3 is 5.97 Å². The molecule has 0 heterocycles. The molecule has 0 amide bonds. The SMILES string of the molecule is CN(C)CCNC(CC(=O)O)C(=O)c1ccc(F)c(F)c1. The second-order valence-electron chi connectivity index (χ2n) is 4.90. The molecule has 1 aromatic carbocycles. The quantitative estimate of drug-likeness (QED) is 0.705. The third kappa shape index (κ3) is 5.57. The van der Waals surface area contributed by atoms with Crippen LogP contribution in [0.25, 0.3) is 0 Å². The van der Waals surface area contributed by atoms with E-state index in [4.69, 9.17) is 5.11 Å². The molecule has 0 spiro atoms. The third-order valence-electron chi connectivity index (χ3n) is 2.85. The summed E-state index contributed by atoms with van der Waals surface area (Å²) < 4.78 is 26.0. The fourth-order valence-corrected chi connectivity index (χ4v) is 1.75. The van der Waals surface area contributed by atoms with Gasteiger partial charge in [0.1, 0.15) is 0 Å². The van der Waals surface area contributed by atoms with E-state index < -0.39 is 35.8 Å². The highest BCUT2D eigenvalue weighted by atomic mass is 19.2. The number of nitrogens with zero attached hydrogens (tertiary/aromatic N) is 1. The Labute approximate surface area is 121 Å². The number of carboxylic acid groups (broad SMARTS) is 1. The van der Waals surface area contributed by atoms with Crippen molar-refractivity contribution in [1.29, 1.82) is 0 Å². The van der Waals surface area contributed by atoms with E-state index in [1.54, 1.807) is 0 Å². The topological polar surface area (TPSA) is 69.6 Å². The number of rotatable bonds is 8. The Morgan fingerprint density at radius 1 is 1.29 bits per heavy atom. The normalized spacial score (nSPS) is 12.4. The van der Waals surface area contributed by atoms with Crippen LogP contribution in [0.1, 0.15) is 16.8 Å². The van der Waals surface area contributed by atoms with E-state index in [2.05, 4.69) is 5.32 Å². The first-order valence-corrected chi connectivity index (χ1v) is 6.40. The molecule has 0 bridgehead atoms. The number of nitrogens with one attached hydrogen (secondary N) is 1. The first kappa shape index (κ1) is 17.2. The van der Waals surface area contributed by atoms with Crippen LogP contribution in [0, 0.1) is 11.6 Å². The Morgan fingerprint density at radius 3 is 2.48 bits per heavy atom. The van der Waals surface area contributed by atoms with Gasteiger partial charge in [0, 0.05) is 18.7 Å². The molecule has 116 valence electrons. The lowest BCUT2D eigenvalue weighted by Gasteiger charge is -2.17. The maximum Gasteiger partial charge on any atom is 0.305 e. The molecule has 5 nitrogen and oxygen atoms in total. The van der Waals surface area contributed by atoms with Crippen molar-refractivity contribution in [3.05, 3.63) is 35.4 Å². The summed E-state index contributed by atoms with van der Waals surface area (Å²) >= 11 is 0. The molecule has 1 atom stereocenters. The van der Waals surface area contributed by atoms with Crippen molar-refractivity contribution >= 4 is 11.8 Å². The summed E-state index contributed by atoms with van der Waals surface area (Å²) in [5.74, 6) is -3.91. The van der Waals surface area contributed by atoms with Crippen molar-refractivity contribution < 1.29 is 23.5 Å². The van der Waals surface area contributed by atoms with E-state index in [1.807, 2.05) is 19.0 Å². The Morgan fingerprint density at radius 2 is 1.95 bits per heavy atom. The number of hydrogen-bond donors (Lipinski definition) is 2. The third-order valence-corrected chi connectivity index (χ3v) is 2.85. The maximum absolute atomic E-state index is 13.2. The van der Waals surface area contributed by atoms with Gasteiger partial charge in [0.25, 0.3) is 0 Å². The molecule has 1 unspecified atom stereocenters. The van der Waals surface area contributed by atoms with Gasteiger partial charge in [-0.25, -0.2) is 8.78 Å². The highest BCUT2D eigenvalue weighted by molar-refractivity contribution is 6.01. The van der Waals surface area contributed by atoms with E-state index in [0.29, 0.717) is 13.1 Å². The van der Waals surface area contributed by atoms with E-state index in [0.717, 1.165) is 18.2 Å². The minimum atomic E-state index is -1.15. The van der Waals surface area contributed by atoms with Gasteiger partial charge in [-0.2, -0.15) is 0 Å². The average Bonchev–Trinajstić information content (AvgIpc) is 2.39. The van der Waals surface area contributed by atoms with Gasteiger partial charge < -0.3 is 15.3 Å². The second kappa shape index (κ2) is 7.80. The average molecular weight is 300 g/mol. The summed E-state index contributed by atoms with van der Waals surface area (Å²) in [5, 5.41) is 11.7. The Hall–Kier alpha value is -1.86. The molecule has 2 N–H and O–H groups in total. The maximum atomic E-state index is 13.2. The number of likely N-dealkylation sites (N-methyl/N-ethyl adjacent to an activating group) is 1. The molecule has 0 saturated heterocycles. The summed E-state index contributed by atoms with van der Waals surface area (Å²) in [6.07, 6.45) is -0.425. The predicted molar refractivity (Wildman–Crippen MR) is 73.3 cm³/mol. The fraction of sp³-hybridized carbons (Fsp3) is 0.429. The zero-order chi connectivity index (χ0) is 16.0. The number of hydrogen-bond acceptors (Lipinski definition) is 4. The van der Waals surface area contributed by atoms with Crippen molar-refractivity contribution in [2.75, 3.05) is 27.2 Å². The van der Waals surface area contributed by atoms with Crippen LogP contribution in [0.3, 0.4) is 0 Å². The number of benzene rings is 1. The molecule has 7 heteroatoms. The standard InChI is InChI=1S/C14H18F2N2O3/c1-18(2)6-5-17-12(8-13(19)20)14(21)9-3-4-10(15)11(16)7-9/h3-4,7,12,17H,5-6,8H2,1-2H3,(H,19,20). The van der Waals surface area contributed by atoms with E-state index >= 15 is 0 Å². The van der Waals surface area contributed by atoms with Crippen LogP contribution >= 0.6 is 0 Å². The van der Waals surface area contributed by atoms with Crippen LogP contribution in [-0.4, -0.2) is 55.0 Å². The number of Topliss-reactive ketones (excluding diaryl/α,β-unsaturated/α-hetero) is 1. The van der Waals surface area contributed by atoms with Gasteiger partial charge in [0.2, 0.25) is 0 Å². The minimum Gasteiger partial charge on any atom is -0.481 e. The van der Waals surface area contributed by atoms with E-state index in [9.17, 15) is 18.4 Å². The summed E-state index contributed by atoms with van der Waals surface area (Å²) in [4.78, 5) is 24.9. The van der Waals surface area contributed by atoms with Crippen molar-refractivity contribution in [3.8, 4) is 0 Å². The molecule has 1 aromatic rings. The molecule has 0 radical (unpaired) electrons. The lowest BCUT2D eigenvalue weighted by molar-refractivity contribution is -0.137. The van der Waals surface area contributed by atoms with Gasteiger partial charge in [-0.15, -0.1) is 0 Å². The largest absolute Gasteiger partial charge is 0.481 e. The lowest BCUT2D eigenvalue weighted by atomic mass is 10.0. The number of ketones is 1. The number of aliphatic carboxylic acids is 1. The van der Waals surface area contributed by atoms with Gasteiger partial charge in [-0.3, -0.25) is 9.59 Å². The van der Waals surface area contributed by atoms with Gasteiger partial charge in [0.05, 0.1) is 12.5 Å². The van der Waals surface area contributed by atoms with E-state index in [-0.39, 0.29) is 5.56 Å². The number of carbonyl (C=O) groups is 2. The zero-order valence-electron chi connectivity index (χ0n) is 11.9. The molecule has 1 rings (SSSR count). The van der Waals surface area contributed by atoms with Crippen LogP contribution in [0.5, 0.6) is 0 Å². The Kier molecular flexibility index (Phi) is 6.39. The molecule has 0 saturated carbocycles. The first-order valence-electron chi connectivity index (χ1n) is 6.40. The van der Waals surface area contributed by atoms with Crippen molar-refractivity contribution in [1.82, 2.24) is 10.2 Å². The van der Waals surface area contributed by atoms with Gasteiger partial charge in [-0.05, 0) is 32.3 Å². The summed E-state index contributed by atoms with van der Waals surface area (Å²) in [7, 11) is 3.68. The summed E-state index contributed by atoms with van der Waals surface area (Å²) in [6, 6.07) is 1.79. The van der Waals surface area contributed by atoms with Crippen LogP contribution in [0.15, 0.2) is 18.2 Å². The van der Waals surface area contributed by atoms with Gasteiger partial charge in [-0.1, -0.05) is 0 Å². The van der Waals surface area contributed by atoms with Crippen molar-refractivity contribution in [3.63, 3.8) is 0 Å². The molecular weight excluding hydrogens is 282 g/mol. The predicted octanol–water partition coefficient (Wildman–Crippen LogP) is 1.14. The molecule has 0 aliphatic heterocycles. The van der Waals surface area contributed by atoms with Crippen LogP contribution < -0.4 is 5.32 Å². The highest BCUT2D eigenvalue weighted by Gasteiger charge is 2.23. The first-order chi connectivity index (χ1) is 9.81. The molecule has 21 heavy (non-hydrogen) atoms. The minimum absolute atomic E-state index is 0.0579. The van der Waals surface area contributed by atoms with Gasteiger partial charge in [0.15, 0.2) is 17.4 Å². The number of carboxylic acids is 1. The van der Waals surface area contributed by atoms with E-state index in [1.165, 1.54) is 0 Å². The lowest BCUT2D eigenvalue weighted by Crippen LogP contribution is -2.41. The zero-order valence-corrected chi connectivity index (χ0v) is 11.9. The monoisotopic (exact) mass is 300 g/mol. The van der Waals surface area contributed by atoms with Crippen LogP contribution in [0.2, 0.25) is 0 Å². The molecular formula is C14H18F2N2O3. The van der Waals surface area contributed by atoms with Crippen molar-refractivity contribution in [2.45, 2.75) is 12.5 Å². The van der Waals surface area contributed by atoms with Crippen LogP contribution in [0.4, 0.5) is 8.78 Å².